The van der Waals surface area contributed by atoms with Crippen LogP contribution < -0.4 is 0 Å². The van der Waals surface area contributed by atoms with Gasteiger partial charge in [0.05, 0.1) is 12.0 Å². The van der Waals surface area contributed by atoms with Crippen molar-refractivity contribution >= 4 is 31.5 Å². The highest BCUT2D eigenvalue weighted by molar-refractivity contribution is 7.33. The fraction of sp³-hybridized carbons (Fsp3) is 1.00. The molecule has 0 saturated carbocycles. The number of hydrogen-bond acceptors (Lipinski definition) is 5. The van der Waals surface area contributed by atoms with Gasteiger partial charge in [0.25, 0.3) is 0 Å². The third-order valence-electron chi connectivity index (χ3n) is 1.08. The second kappa shape index (κ2) is 12.7. The summed E-state index contributed by atoms with van der Waals surface area (Å²) in [7, 11) is -2.60. The van der Waals surface area contributed by atoms with E-state index < -0.39 is 20.8 Å². The topological polar surface area (TPSA) is 65.0 Å². The Morgan fingerprint density at radius 3 is 1.94 bits per heavy atom. The zero-order chi connectivity index (χ0) is 14.7. The molecule has 0 aliphatic carbocycles. The SMILES string of the molecule is CC(C)Cl.CC(Cl)CO[PH](=O)OC(C)OC(C)O. The summed E-state index contributed by atoms with van der Waals surface area (Å²) in [6.45, 7) is 8.68. The molecule has 0 amide bonds. The zero-order valence-electron chi connectivity index (χ0n) is 11.4. The van der Waals surface area contributed by atoms with Gasteiger partial charge in [-0.2, -0.15) is 0 Å². The van der Waals surface area contributed by atoms with E-state index in [1.807, 2.05) is 13.8 Å². The van der Waals surface area contributed by atoms with E-state index in [-0.39, 0.29) is 12.0 Å². The van der Waals surface area contributed by atoms with Gasteiger partial charge in [-0.1, -0.05) is 0 Å². The molecule has 112 valence electrons. The number of alkyl halides is 2. The lowest BCUT2D eigenvalue weighted by Gasteiger charge is -2.15. The first-order valence-corrected chi connectivity index (χ1v) is 7.70. The number of rotatable bonds is 7. The summed E-state index contributed by atoms with van der Waals surface area (Å²) in [5.74, 6) is 0. The fourth-order valence-electron chi connectivity index (χ4n) is 0.658. The van der Waals surface area contributed by atoms with Crippen molar-refractivity contribution in [2.75, 3.05) is 6.61 Å². The monoisotopic (exact) mass is 324 g/mol. The van der Waals surface area contributed by atoms with Crippen molar-refractivity contribution in [1.82, 2.24) is 0 Å². The van der Waals surface area contributed by atoms with Crippen LogP contribution in [0.1, 0.15) is 34.6 Å². The Hall–Kier alpha value is 0.650. The maximum absolute atomic E-state index is 11.1. The van der Waals surface area contributed by atoms with E-state index in [1.54, 1.807) is 6.92 Å². The summed E-state index contributed by atoms with van der Waals surface area (Å²) >= 11 is 10.8. The predicted molar refractivity (Wildman–Crippen MR) is 74.6 cm³/mol. The molecule has 8 heteroatoms. The van der Waals surface area contributed by atoms with Crippen LogP contribution in [0.25, 0.3) is 0 Å². The molecule has 4 unspecified atom stereocenters. The van der Waals surface area contributed by atoms with Crippen molar-refractivity contribution in [3.05, 3.63) is 0 Å². The summed E-state index contributed by atoms with van der Waals surface area (Å²) in [6.07, 6.45) is -1.74. The highest BCUT2D eigenvalue weighted by Crippen LogP contribution is 2.27. The van der Waals surface area contributed by atoms with Gasteiger partial charge < -0.3 is 14.4 Å². The van der Waals surface area contributed by atoms with Gasteiger partial charge in [0.2, 0.25) is 0 Å². The van der Waals surface area contributed by atoms with Crippen molar-refractivity contribution in [2.24, 2.45) is 0 Å². The Morgan fingerprint density at radius 1 is 1.17 bits per heavy atom. The van der Waals surface area contributed by atoms with E-state index in [9.17, 15) is 4.57 Å². The second-order valence-corrected chi connectivity index (χ2v) is 6.42. The number of aliphatic hydroxyl groups excluding tert-OH is 1. The highest BCUT2D eigenvalue weighted by atomic mass is 35.5. The molecule has 0 fully saturated rings. The minimum Gasteiger partial charge on any atom is -0.368 e. The number of aliphatic hydroxyl groups is 1. The van der Waals surface area contributed by atoms with Crippen LogP contribution in [0.3, 0.4) is 0 Å². The van der Waals surface area contributed by atoms with E-state index >= 15 is 0 Å². The molecule has 0 radical (unpaired) electrons. The van der Waals surface area contributed by atoms with Crippen LogP contribution in [0.4, 0.5) is 0 Å². The highest BCUT2D eigenvalue weighted by Gasteiger charge is 2.11. The van der Waals surface area contributed by atoms with E-state index in [0.717, 1.165) is 0 Å². The van der Waals surface area contributed by atoms with Gasteiger partial charge in [0, 0.05) is 5.38 Å². The minimum atomic E-state index is -2.60. The molecule has 0 rings (SSSR count). The first-order valence-electron chi connectivity index (χ1n) is 5.60. The van der Waals surface area contributed by atoms with Gasteiger partial charge in [-0.3, -0.25) is 9.09 Å². The average molecular weight is 325 g/mol. The molecule has 18 heavy (non-hydrogen) atoms. The lowest BCUT2D eigenvalue weighted by molar-refractivity contribution is -0.180. The quantitative estimate of drug-likeness (QED) is 0.442. The summed E-state index contributed by atoms with van der Waals surface area (Å²) in [4.78, 5) is 0. The van der Waals surface area contributed by atoms with Crippen LogP contribution in [-0.2, 0) is 18.3 Å². The van der Waals surface area contributed by atoms with E-state index in [1.165, 1.54) is 13.8 Å². The Bertz CT molecular complexity index is 212. The molecule has 0 aromatic heterocycles. The first-order chi connectivity index (χ1) is 8.15. The van der Waals surface area contributed by atoms with Crippen LogP contribution in [0.2, 0.25) is 0 Å². The molecule has 0 aliphatic heterocycles. The molecule has 0 saturated heterocycles. The van der Waals surface area contributed by atoms with Crippen LogP contribution in [0, 0.1) is 0 Å². The number of ether oxygens (including phenoxy) is 1. The average Bonchev–Trinajstić information content (AvgIpc) is 2.12. The summed E-state index contributed by atoms with van der Waals surface area (Å²) < 4.78 is 25.4. The van der Waals surface area contributed by atoms with E-state index in [2.05, 4.69) is 0 Å². The Morgan fingerprint density at radius 2 is 1.61 bits per heavy atom. The lowest BCUT2D eigenvalue weighted by atomic mass is 10.5. The Labute approximate surface area is 120 Å². The Balaban J connectivity index is 0. The minimum absolute atomic E-state index is 0.154. The molecule has 4 atom stereocenters. The molecular weight excluding hydrogens is 302 g/mol. The van der Waals surface area contributed by atoms with Crippen molar-refractivity contribution in [3.63, 3.8) is 0 Å². The van der Waals surface area contributed by atoms with Crippen molar-refractivity contribution in [1.29, 1.82) is 0 Å². The normalized spacial score (nSPS) is 17.6. The van der Waals surface area contributed by atoms with Crippen LogP contribution in [0.5, 0.6) is 0 Å². The van der Waals surface area contributed by atoms with Gasteiger partial charge in [0.1, 0.15) is 0 Å². The number of hydrogen-bond donors (Lipinski definition) is 1. The molecule has 0 bridgehead atoms. The van der Waals surface area contributed by atoms with E-state index in [0.29, 0.717) is 5.38 Å². The smallest absolute Gasteiger partial charge is 0.321 e. The molecule has 0 heterocycles. The number of halogens is 2. The third-order valence-corrected chi connectivity index (χ3v) is 2.13. The molecule has 0 aliphatic rings. The lowest BCUT2D eigenvalue weighted by Crippen LogP contribution is -2.17. The third kappa shape index (κ3) is 21.9. The largest absolute Gasteiger partial charge is 0.368 e. The van der Waals surface area contributed by atoms with Gasteiger partial charge in [-0.05, 0) is 34.6 Å². The van der Waals surface area contributed by atoms with Gasteiger partial charge in [-0.15, -0.1) is 23.2 Å². The van der Waals surface area contributed by atoms with Crippen molar-refractivity contribution < 1.29 is 23.5 Å². The van der Waals surface area contributed by atoms with Crippen molar-refractivity contribution in [3.8, 4) is 0 Å². The van der Waals surface area contributed by atoms with Crippen LogP contribution in [0.15, 0.2) is 0 Å². The Kier molecular flexibility index (Phi) is 14.8. The molecule has 5 nitrogen and oxygen atoms in total. The van der Waals surface area contributed by atoms with Gasteiger partial charge >= 0.3 is 8.25 Å². The second-order valence-electron chi connectivity index (χ2n) is 3.78. The van der Waals surface area contributed by atoms with Crippen LogP contribution >= 0.6 is 31.5 Å². The van der Waals surface area contributed by atoms with Gasteiger partial charge in [-0.25, -0.2) is 0 Å². The molecule has 0 spiro atoms. The maximum Gasteiger partial charge on any atom is 0.321 e. The molecule has 1 N–H and O–H groups in total. The molecule has 0 aromatic carbocycles. The first kappa shape index (κ1) is 21.0. The van der Waals surface area contributed by atoms with E-state index in [4.69, 9.17) is 42.1 Å². The maximum atomic E-state index is 11.1. The standard InChI is InChI=1S/C7H16ClO5P.C3H7Cl/c1-5(8)4-11-14(10)13-7(3)12-6(2)9;1-3(2)4/h5-7,9,14H,4H2,1-3H3;3H,1-2H3. The summed E-state index contributed by atoms with van der Waals surface area (Å²) in [5.41, 5.74) is 0. The summed E-state index contributed by atoms with van der Waals surface area (Å²) in [5, 5.41) is 8.88. The zero-order valence-corrected chi connectivity index (χ0v) is 13.9. The summed E-state index contributed by atoms with van der Waals surface area (Å²) in [6, 6.07) is 0. The predicted octanol–water partition coefficient (Wildman–Crippen LogP) is 3.37. The fourth-order valence-corrected chi connectivity index (χ4v) is 1.61. The van der Waals surface area contributed by atoms with Crippen molar-refractivity contribution in [2.45, 2.75) is 58.0 Å². The molecule has 0 aromatic rings. The van der Waals surface area contributed by atoms with Crippen LogP contribution in [-0.4, -0.2) is 35.0 Å². The molecular formula is C10H23Cl2O5P. The van der Waals surface area contributed by atoms with Gasteiger partial charge in [0.15, 0.2) is 12.6 Å².